The van der Waals surface area contributed by atoms with E-state index in [4.69, 9.17) is 14.2 Å². The molecule has 1 aliphatic heterocycles. The zero-order valence-electron chi connectivity index (χ0n) is 21.9. The van der Waals surface area contributed by atoms with Gasteiger partial charge in [0.25, 0.3) is 0 Å². The molecular formula is C29H34N6O3. The van der Waals surface area contributed by atoms with Crippen LogP contribution in [0.15, 0.2) is 60.9 Å². The normalized spacial score (nSPS) is 13.8. The van der Waals surface area contributed by atoms with E-state index in [1.165, 1.54) is 5.56 Å². The second-order valence-corrected chi connectivity index (χ2v) is 9.14. The third-order valence-corrected chi connectivity index (χ3v) is 6.48. The Labute approximate surface area is 223 Å². The van der Waals surface area contributed by atoms with Crippen LogP contribution in [0.4, 0.5) is 23.1 Å². The van der Waals surface area contributed by atoms with E-state index in [1.807, 2.05) is 30.5 Å². The molecule has 2 N–H and O–H groups in total. The summed E-state index contributed by atoms with van der Waals surface area (Å²) in [5.41, 5.74) is 3.92. The summed E-state index contributed by atoms with van der Waals surface area (Å²) in [6, 6.07) is 16.0. The van der Waals surface area contributed by atoms with E-state index in [0.717, 1.165) is 68.0 Å². The zero-order chi connectivity index (χ0) is 26.2. The lowest BCUT2D eigenvalue weighted by atomic mass is 10.1. The number of anilines is 4. The number of hydrogen-bond donors (Lipinski definition) is 2. The molecule has 2 aromatic heterocycles. The van der Waals surface area contributed by atoms with Gasteiger partial charge in [-0.2, -0.15) is 4.98 Å². The second-order valence-electron chi connectivity index (χ2n) is 9.14. The maximum absolute atomic E-state index is 6.00. The number of fused-ring (bicyclic) bond motifs is 1. The summed E-state index contributed by atoms with van der Waals surface area (Å²) in [6.07, 6.45) is 5.46. The Balaban J connectivity index is 1.20. The molecular weight excluding hydrogens is 480 g/mol. The van der Waals surface area contributed by atoms with E-state index >= 15 is 0 Å². The first kappa shape index (κ1) is 25.7. The van der Waals surface area contributed by atoms with Crippen LogP contribution in [0.3, 0.4) is 0 Å². The van der Waals surface area contributed by atoms with Crippen LogP contribution in [0.2, 0.25) is 0 Å². The molecule has 1 aliphatic rings. The Morgan fingerprint density at radius 2 is 1.84 bits per heavy atom. The average Bonchev–Trinajstić information content (AvgIpc) is 2.96. The van der Waals surface area contributed by atoms with E-state index in [1.54, 1.807) is 13.3 Å². The molecule has 9 heteroatoms. The minimum atomic E-state index is 0.471. The Bertz CT molecular complexity index is 1360. The van der Waals surface area contributed by atoms with Crippen LogP contribution in [-0.2, 0) is 11.2 Å². The molecule has 0 radical (unpaired) electrons. The van der Waals surface area contributed by atoms with Crippen molar-refractivity contribution in [1.29, 1.82) is 0 Å². The predicted octanol–water partition coefficient (Wildman–Crippen LogP) is 5.18. The fraction of sp³-hybridized carbons (Fsp3) is 0.345. The summed E-state index contributed by atoms with van der Waals surface area (Å²) in [5, 5.41) is 7.68. The molecule has 1 fully saturated rings. The fourth-order valence-corrected chi connectivity index (χ4v) is 4.39. The first-order chi connectivity index (χ1) is 18.7. The zero-order valence-corrected chi connectivity index (χ0v) is 21.9. The van der Waals surface area contributed by atoms with Crippen molar-refractivity contribution in [2.24, 2.45) is 0 Å². The third-order valence-electron chi connectivity index (χ3n) is 6.48. The summed E-state index contributed by atoms with van der Waals surface area (Å²) < 4.78 is 17.0. The van der Waals surface area contributed by atoms with E-state index in [9.17, 15) is 0 Å². The molecule has 5 rings (SSSR count). The van der Waals surface area contributed by atoms with Crippen LogP contribution >= 0.6 is 0 Å². The maximum atomic E-state index is 6.00. The lowest BCUT2D eigenvalue weighted by Gasteiger charge is -2.26. The van der Waals surface area contributed by atoms with Gasteiger partial charge in [-0.25, -0.2) is 4.98 Å². The Morgan fingerprint density at radius 3 is 2.68 bits per heavy atom. The average molecular weight is 515 g/mol. The molecule has 3 heterocycles. The van der Waals surface area contributed by atoms with E-state index in [2.05, 4.69) is 61.7 Å². The molecule has 0 aliphatic carbocycles. The van der Waals surface area contributed by atoms with Crippen molar-refractivity contribution in [2.45, 2.75) is 19.8 Å². The van der Waals surface area contributed by atoms with Gasteiger partial charge in [-0.15, -0.1) is 0 Å². The molecule has 0 atom stereocenters. The number of nitrogens with one attached hydrogen (secondary N) is 2. The van der Waals surface area contributed by atoms with Crippen LogP contribution in [0, 0.1) is 0 Å². The Kier molecular flexibility index (Phi) is 8.47. The van der Waals surface area contributed by atoms with Crippen molar-refractivity contribution in [3.8, 4) is 11.5 Å². The first-order valence-electron chi connectivity index (χ1n) is 13.1. The lowest BCUT2D eigenvalue weighted by Crippen LogP contribution is -2.37. The van der Waals surface area contributed by atoms with Crippen molar-refractivity contribution < 1.29 is 14.2 Å². The monoisotopic (exact) mass is 514 g/mol. The number of aromatic nitrogens is 3. The minimum absolute atomic E-state index is 0.471. The molecule has 9 nitrogen and oxygen atoms in total. The van der Waals surface area contributed by atoms with Gasteiger partial charge >= 0.3 is 0 Å². The van der Waals surface area contributed by atoms with E-state index in [-0.39, 0.29) is 0 Å². The number of nitrogens with zero attached hydrogens (tertiary/aromatic N) is 4. The van der Waals surface area contributed by atoms with E-state index < -0.39 is 0 Å². The highest BCUT2D eigenvalue weighted by Gasteiger charge is 2.11. The topological polar surface area (TPSA) is 93.7 Å². The van der Waals surface area contributed by atoms with Crippen LogP contribution < -0.4 is 20.1 Å². The van der Waals surface area contributed by atoms with Crippen LogP contribution in [0.5, 0.6) is 11.5 Å². The van der Waals surface area contributed by atoms with Crippen molar-refractivity contribution in [1.82, 2.24) is 19.9 Å². The van der Waals surface area contributed by atoms with Gasteiger partial charge in [0.05, 0.1) is 44.3 Å². The summed E-state index contributed by atoms with van der Waals surface area (Å²) in [6.45, 7) is 7.38. The van der Waals surface area contributed by atoms with E-state index in [0.29, 0.717) is 29.9 Å². The SMILES string of the molecule is CCc1ccc2ncc(Nc3ccnc(Nc4ccc(OCCCN5CCOCC5)c(OC)c4)n3)cc2c1. The Morgan fingerprint density at radius 1 is 0.947 bits per heavy atom. The molecule has 4 aromatic rings. The molecule has 0 bridgehead atoms. The molecule has 1 saturated heterocycles. The van der Waals surface area contributed by atoms with Gasteiger partial charge in [0.2, 0.25) is 5.95 Å². The highest BCUT2D eigenvalue weighted by molar-refractivity contribution is 5.83. The van der Waals surface area contributed by atoms with Crippen molar-refractivity contribution in [2.75, 3.05) is 57.2 Å². The second kappa shape index (κ2) is 12.5. The molecule has 38 heavy (non-hydrogen) atoms. The van der Waals surface area contributed by atoms with Crippen molar-refractivity contribution in [3.05, 3.63) is 66.5 Å². The summed E-state index contributed by atoms with van der Waals surface area (Å²) in [4.78, 5) is 15.9. The summed E-state index contributed by atoms with van der Waals surface area (Å²) in [5.74, 6) is 2.51. The predicted molar refractivity (Wildman–Crippen MR) is 150 cm³/mol. The number of pyridine rings is 1. The number of aryl methyl sites for hydroxylation is 1. The largest absolute Gasteiger partial charge is 0.493 e. The van der Waals surface area contributed by atoms with Crippen LogP contribution in [0.25, 0.3) is 10.9 Å². The van der Waals surface area contributed by atoms with Gasteiger partial charge in [0, 0.05) is 43.0 Å². The minimum Gasteiger partial charge on any atom is -0.493 e. The first-order valence-corrected chi connectivity index (χ1v) is 13.1. The van der Waals surface area contributed by atoms with Gasteiger partial charge in [-0.05, 0) is 54.8 Å². The molecule has 0 amide bonds. The highest BCUT2D eigenvalue weighted by atomic mass is 16.5. The number of ether oxygens (including phenoxy) is 3. The maximum Gasteiger partial charge on any atom is 0.229 e. The fourth-order valence-electron chi connectivity index (χ4n) is 4.39. The van der Waals surface area contributed by atoms with Gasteiger partial charge in [0.1, 0.15) is 5.82 Å². The summed E-state index contributed by atoms with van der Waals surface area (Å²) >= 11 is 0. The van der Waals surface area contributed by atoms with Gasteiger partial charge in [-0.1, -0.05) is 13.0 Å². The van der Waals surface area contributed by atoms with Crippen LogP contribution in [0.1, 0.15) is 18.9 Å². The van der Waals surface area contributed by atoms with Crippen molar-refractivity contribution in [3.63, 3.8) is 0 Å². The molecule has 0 saturated carbocycles. The third kappa shape index (κ3) is 6.67. The number of methoxy groups -OCH3 is 1. The lowest BCUT2D eigenvalue weighted by molar-refractivity contribution is 0.0357. The molecule has 2 aromatic carbocycles. The van der Waals surface area contributed by atoms with Gasteiger partial charge in [0.15, 0.2) is 11.5 Å². The highest BCUT2D eigenvalue weighted by Crippen LogP contribution is 2.31. The summed E-state index contributed by atoms with van der Waals surface area (Å²) in [7, 11) is 1.64. The molecule has 0 unspecified atom stereocenters. The van der Waals surface area contributed by atoms with Crippen LogP contribution in [-0.4, -0.2) is 66.4 Å². The standard InChI is InChI=1S/C29H34N6O3/c1-3-21-5-7-25-22(17-21)18-24(20-31-25)32-28-9-10-30-29(34-28)33-23-6-8-26(27(19-23)36-2)38-14-4-11-35-12-15-37-16-13-35/h5-10,17-20H,3-4,11-16H2,1-2H3,(H2,30,32,33,34). The smallest absolute Gasteiger partial charge is 0.229 e. The molecule has 198 valence electrons. The molecule has 0 spiro atoms. The number of rotatable bonds is 11. The van der Waals surface area contributed by atoms with Gasteiger partial charge < -0.3 is 24.8 Å². The number of morpholine rings is 1. The number of benzene rings is 2. The van der Waals surface area contributed by atoms with Gasteiger partial charge in [-0.3, -0.25) is 9.88 Å². The number of hydrogen-bond acceptors (Lipinski definition) is 9. The quantitative estimate of drug-likeness (QED) is 0.262. The van der Waals surface area contributed by atoms with Crippen molar-refractivity contribution >= 4 is 34.0 Å². The Hall–Kier alpha value is -3.95.